The van der Waals surface area contributed by atoms with E-state index in [0.29, 0.717) is 0 Å². The van der Waals surface area contributed by atoms with Crippen molar-refractivity contribution in [3.8, 4) is 0 Å². The molecule has 1 aromatic carbocycles. The van der Waals surface area contributed by atoms with Crippen LogP contribution in [0.25, 0.3) is 0 Å². The van der Waals surface area contributed by atoms with E-state index in [-0.39, 0.29) is 16.3 Å². The number of hydrogen-bond acceptors (Lipinski definition) is 4. The van der Waals surface area contributed by atoms with Crippen LogP contribution >= 0.6 is 11.6 Å². The molecule has 0 aromatic heterocycles. The van der Waals surface area contributed by atoms with Gasteiger partial charge in [-0.25, -0.2) is 13.6 Å². The third kappa shape index (κ3) is 3.46. The van der Waals surface area contributed by atoms with Crippen molar-refractivity contribution in [2.75, 3.05) is 0 Å². The number of halogens is 1. The van der Waals surface area contributed by atoms with Crippen molar-refractivity contribution >= 4 is 27.3 Å². The molecule has 82 valence electrons. The minimum absolute atomic E-state index is 0.0185. The largest absolute Gasteiger partial charge is 0.273 e. The maximum Gasteiger partial charge on any atom is 0.273 e. The van der Waals surface area contributed by atoms with Gasteiger partial charge < -0.3 is 0 Å². The van der Waals surface area contributed by atoms with Gasteiger partial charge in [0.1, 0.15) is 0 Å². The zero-order valence-electron chi connectivity index (χ0n) is 7.38. The minimum atomic E-state index is -3.81. The van der Waals surface area contributed by atoms with Crippen molar-refractivity contribution in [3.63, 3.8) is 0 Å². The van der Waals surface area contributed by atoms with Gasteiger partial charge in [-0.3, -0.25) is 10.1 Å². The summed E-state index contributed by atoms with van der Waals surface area (Å²) in [5.41, 5.74) is -0.330. The smallest absolute Gasteiger partial charge is 0.258 e. The molecule has 0 aliphatic heterocycles. The summed E-state index contributed by atoms with van der Waals surface area (Å²) >= 11 is 5.59. The Morgan fingerprint density at radius 1 is 1.47 bits per heavy atom. The highest BCUT2D eigenvalue weighted by molar-refractivity contribution is 7.88. The van der Waals surface area contributed by atoms with Gasteiger partial charge in [-0.05, 0) is 12.1 Å². The van der Waals surface area contributed by atoms with Gasteiger partial charge in [-0.15, -0.1) is 0 Å². The van der Waals surface area contributed by atoms with Gasteiger partial charge in [-0.2, -0.15) is 0 Å². The lowest BCUT2D eigenvalue weighted by atomic mass is 10.2. The first-order chi connectivity index (χ1) is 6.79. The first-order valence-electron chi connectivity index (χ1n) is 3.73. The molecule has 0 saturated carbocycles. The number of primary sulfonamides is 1. The predicted molar refractivity (Wildman–Crippen MR) is 54.9 cm³/mol. The molecule has 0 heterocycles. The monoisotopic (exact) mass is 250 g/mol. The summed E-state index contributed by atoms with van der Waals surface area (Å²) in [6, 6.07) is 3.67. The summed E-state index contributed by atoms with van der Waals surface area (Å²) in [5, 5.41) is 15.6. The number of hydrogen-bond donors (Lipinski definition) is 1. The highest BCUT2D eigenvalue weighted by Gasteiger charge is 2.17. The lowest BCUT2D eigenvalue weighted by molar-refractivity contribution is -0.385. The van der Waals surface area contributed by atoms with Crippen LogP contribution in [-0.4, -0.2) is 13.3 Å². The van der Waals surface area contributed by atoms with E-state index < -0.39 is 20.7 Å². The summed E-state index contributed by atoms with van der Waals surface area (Å²) in [7, 11) is -3.81. The van der Waals surface area contributed by atoms with E-state index in [2.05, 4.69) is 0 Å². The SMILES string of the molecule is NS(=O)(=O)Cc1cc(Cl)ccc1[N+](=O)[O-]. The Labute approximate surface area is 90.9 Å². The molecular weight excluding hydrogens is 244 g/mol. The maximum absolute atomic E-state index is 10.8. The number of nitrogens with zero attached hydrogens (tertiary/aromatic N) is 1. The van der Waals surface area contributed by atoms with E-state index in [1.54, 1.807) is 0 Å². The Morgan fingerprint density at radius 2 is 2.07 bits per heavy atom. The van der Waals surface area contributed by atoms with Crippen molar-refractivity contribution in [1.29, 1.82) is 0 Å². The van der Waals surface area contributed by atoms with E-state index in [0.717, 1.165) is 6.07 Å². The van der Waals surface area contributed by atoms with Gasteiger partial charge in [0.05, 0.1) is 10.7 Å². The van der Waals surface area contributed by atoms with Crippen LogP contribution in [0.2, 0.25) is 5.02 Å². The standard InChI is InChI=1S/C7H7ClN2O4S/c8-6-1-2-7(10(11)12)5(3-6)4-15(9,13)14/h1-3H,4H2,(H2,9,13,14). The fourth-order valence-corrected chi connectivity index (χ4v) is 1.92. The van der Waals surface area contributed by atoms with Crippen molar-refractivity contribution in [3.05, 3.63) is 38.9 Å². The molecule has 1 rings (SSSR count). The fraction of sp³-hybridized carbons (Fsp3) is 0.143. The number of rotatable bonds is 3. The zero-order valence-corrected chi connectivity index (χ0v) is 8.96. The molecule has 1 aromatic rings. The molecule has 0 saturated heterocycles. The molecule has 0 spiro atoms. The van der Waals surface area contributed by atoms with Crippen molar-refractivity contribution in [2.45, 2.75) is 5.75 Å². The van der Waals surface area contributed by atoms with Crippen molar-refractivity contribution in [2.24, 2.45) is 5.14 Å². The molecule has 0 aliphatic rings. The minimum Gasteiger partial charge on any atom is -0.258 e. The Morgan fingerprint density at radius 3 is 2.53 bits per heavy atom. The molecule has 0 unspecified atom stereocenters. The third-order valence-corrected chi connectivity index (χ3v) is 2.54. The number of nitrogens with two attached hydrogens (primary N) is 1. The lowest BCUT2D eigenvalue weighted by Gasteiger charge is -2.01. The number of sulfonamides is 1. The number of nitro groups is 1. The number of nitro benzene ring substituents is 1. The topological polar surface area (TPSA) is 103 Å². The average molecular weight is 251 g/mol. The Balaban J connectivity index is 3.25. The second-order valence-electron chi connectivity index (χ2n) is 2.84. The molecule has 0 amide bonds. The molecular formula is C7H7ClN2O4S. The van der Waals surface area contributed by atoms with E-state index in [1.165, 1.54) is 12.1 Å². The quantitative estimate of drug-likeness (QED) is 0.639. The van der Waals surface area contributed by atoms with E-state index in [4.69, 9.17) is 16.7 Å². The fourth-order valence-electron chi connectivity index (χ4n) is 1.06. The molecule has 0 fully saturated rings. The normalized spacial score (nSPS) is 11.3. The molecule has 6 nitrogen and oxygen atoms in total. The van der Waals surface area contributed by atoms with Gasteiger partial charge >= 0.3 is 0 Å². The van der Waals surface area contributed by atoms with Crippen LogP contribution in [0.15, 0.2) is 18.2 Å². The Kier molecular flexibility index (Phi) is 3.28. The molecule has 8 heteroatoms. The van der Waals surface area contributed by atoms with Crippen LogP contribution < -0.4 is 5.14 Å². The van der Waals surface area contributed by atoms with Crippen LogP contribution in [0.3, 0.4) is 0 Å². The second-order valence-corrected chi connectivity index (χ2v) is 4.89. The summed E-state index contributed by atoms with van der Waals surface area (Å²) in [5.74, 6) is -0.607. The highest BCUT2D eigenvalue weighted by atomic mass is 35.5. The van der Waals surface area contributed by atoms with Gasteiger partial charge in [0.15, 0.2) is 0 Å². The van der Waals surface area contributed by atoms with Crippen LogP contribution in [0, 0.1) is 10.1 Å². The first-order valence-corrected chi connectivity index (χ1v) is 5.82. The Bertz CT molecular complexity index is 500. The molecule has 0 aliphatic carbocycles. The zero-order chi connectivity index (χ0) is 11.6. The van der Waals surface area contributed by atoms with E-state index >= 15 is 0 Å². The summed E-state index contributed by atoms with van der Waals surface area (Å²) in [6.07, 6.45) is 0. The second kappa shape index (κ2) is 4.13. The van der Waals surface area contributed by atoms with Crippen LogP contribution in [-0.2, 0) is 15.8 Å². The highest BCUT2D eigenvalue weighted by Crippen LogP contribution is 2.23. The average Bonchev–Trinajstić information content (AvgIpc) is 1.99. The van der Waals surface area contributed by atoms with Crippen LogP contribution in [0.4, 0.5) is 5.69 Å². The first kappa shape index (κ1) is 11.9. The molecule has 15 heavy (non-hydrogen) atoms. The van der Waals surface area contributed by atoms with Crippen LogP contribution in [0.5, 0.6) is 0 Å². The molecule has 2 N–H and O–H groups in total. The molecule has 0 atom stereocenters. The van der Waals surface area contributed by atoms with Crippen molar-refractivity contribution < 1.29 is 13.3 Å². The van der Waals surface area contributed by atoms with Gasteiger partial charge in [0.2, 0.25) is 10.0 Å². The third-order valence-electron chi connectivity index (χ3n) is 1.59. The summed E-state index contributed by atoms with van der Waals surface area (Å²) in [4.78, 5) is 9.86. The van der Waals surface area contributed by atoms with Gasteiger partial charge in [-0.1, -0.05) is 11.6 Å². The molecule has 0 bridgehead atoms. The van der Waals surface area contributed by atoms with Gasteiger partial charge in [0.25, 0.3) is 5.69 Å². The Hall–Kier alpha value is -1.18. The van der Waals surface area contributed by atoms with Gasteiger partial charge in [0, 0.05) is 16.7 Å². The summed E-state index contributed by atoms with van der Waals surface area (Å²) in [6.45, 7) is 0. The van der Waals surface area contributed by atoms with E-state index in [9.17, 15) is 18.5 Å². The maximum atomic E-state index is 10.8. The predicted octanol–water partition coefficient (Wildman–Crippen LogP) is 1.04. The molecule has 0 radical (unpaired) electrons. The summed E-state index contributed by atoms with van der Waals surface area (Å²) < 4.78 is 21.6. The van der Waals surface area contributed by atoms with Crippen LogP contribution in [0.1, 0.15) is 5.56 Å². The van der Waals surface area contributed by atoms with Crippen molar-refractivity contribution in [1.82, 2.24) is 0 Å². The lowest BCUT2D eigenvalue weighted by Crippen LogP contribution is -2.15. The van der Waals surface area contributed by atoms with E-state index in [1.807, 2.05) is 0 Å². The number of benzene rings is 1.